The highest BCUT2D eigenvalue weighted by atomic mass is 19.4. The van der Waals surface area contributed by atoms with Crippen LogP contribution in [0.2, 0.25) is 0 Å². The molecule has 2 rings (SSSR count). The molecule has 0 amide bonds. The Morgan fingerprint density at radius 1 is 1.18 bits per heavy atom. The van der Waals surface area contributed by atoms with Crippen LogP contribution >= 0.6 is 0 Å². The monoisotopic (exact) mass is 243 g/mol. The van der Waals surface area contributed by atoms with Gasteiger partial charge in [-0.25, -0.2) is 4.39 Å². The van der Waals surface area contributed by atoms with Crippen LogP contribution in [0.4, 0.5) is 17.6 Å². The fourth-order valence-electron chi connectivity index (χ4n) is 1.41. The lowest BCUT2D eigenvalue weighted by molar-refractivity contribution is -0.0885. The van der Waals surface area contributed by atoms with E-state index in [9.17, 15) is 22.4 Å². The average molecular weight is 243 g/mol. The molecule has 17 heavy (non-hydrogen) atoms. The minimum absolute atomic E-state index is 0.153. The number of fused-ring (bicyclic) bond motifs is 1. The first kappa shape index (κ1) is 11.5. The summed E-state index contributed by atoms with van der Waals surface area (Å²) < 4.78 is 49.4. The van der Waals surface area contributed by atoms with Crippen LogP contribution < -0.4 is 0 Å². The van der Waals surface area contributed by atoms with Crippen molar-refractivity contribution in [2.24, 2.45) is 0 Å². The Morgan fingerprint density at radius 3 is 2.53 bits per heavy atom. The molecule has 0 fully saturated rings. The molecule has 0 unspecified atom stereocenters. The molecule has 6 heteroatoms. The summed E-state index contributed by atoms with van der Waals surface area (Å²) in [6.07, 6.45) is -3.98. The molecule has 0 bridgehead atoms. The van der Waals surface area contributed by atoms with Gasteiger partial charge in [0.15, 0.2) is 0 Å². The van der Waals surface area contributed by atoms with E-state index in [0.717, 1.165) is 24.4 Å². The fourth-order valence-corrected chi connectivity index (χ4v) is 1.41. The molecule has 0 N–H and O–H groups in total. The van der Waals surface area contributed by atoms with E-state index in [1.807, 2.05) is 0 Å². The second-order valence-electron chi connectivity index (χ2n) is 3.39. The van der Waals surface area contributed by atoms with Gasteiger partial charge in [0.05, 0.1) is 11.7 Å². The molecule has 0 saturated carbocycles. The lowest BCUT2D eigenvalue weighted by Gasteiger charge is -2.05. The number of carbonyl (C=O) groups excluding carboxylic acids is 1. The van der Waals surface area contributed by atoms with E-state index in [2.05, 4.69) is 4.98 Å². The number of benzene rings is 1. The normalized spacial score (nSPS) is 11.8. The highest BCUT2D eigenvalue weighted by Crippen LogP contribution is 2.23. The molecule has 2 nitrogen and oxygen atoms in total. The number of aromatic nitrogens is 1. The van der Waals surface area contributed by atoms with Gasteiger partial charge in [-0.05, 0) is 24.3 Å². The summed E-state index contributed by atoms with van der Waals surface area (Å²) >= 11 is 0. The number of carbonyl (C=O) groups is 1. The molecule has 0 aliphatic carbocycles. The molecule has 1 aromatic heterocycles. The van der Waals surface area contributed by atoms with E-state index in [-0.39, 0.29) is 5.39 Å². The maximum Gasteiger partial charge on any atom is 0.454 e. The molecule has 88 valence electrons. The highest BCUT2D eigenvalue weighted by Gasteiger charge is 2.39. The molecule has 1 aromatic carbocycles. The Bertz CT molecular complexity index is 592. The van der Waals surface area contributed by atoms with Crippen molar-refractivity contribution in [3.05, 3.63) is 41.8 Å². The Labute approximate surface area is 92.9 Å². The molecule has 0 atom stereocenters. The van der Waals surface area contributed by atoms with Crippen molar-refractivity contribution in [1.29, 1.82) is 0 Å². The van der Waals surface area contributed by atoms with Gasteiger partial charge in [0.25, 0.3) is 5.78 Å². The van der Waals surface area contributed by atoms with Crippen LogP contribution in [0.3, 0.4) is 0 Å². The number of halogens is 4. The van der Waals surface area contributed by atoms with Gasteiger partial charge in [0, 0.05) is 10.9 Å². The number of hydrogen-bond acceptors (Lipinski definition) is 2. The minimum atomic E-state index is -4.94. The van der Waals surface area contributed by atoms with Gasteiger partial charge in [-0.15, -0.1) is 0 Å². The maximum absolute atomic E-state index is 12.8. The van der Waals surface area contributed by atoms with Crippen molar-refractivity contribution >= 4 is 16.7 Å². The number of rotatable bonds is 1. The largest absolute Gasteiger partial charge is 0.454 e. The van der Waals surface area contributed by atoms with Crippen molar-refractivity contribution < 1.29 is 22.4 Å². The van der Waals surface area contributed by atoms with Crippen LogP contribution in [0.1, 0.15) is 10.4 Å². The summed E-state index contributed by atoms with van der Waals surface area (Å²) in [6, 6.07) is 4.26. The van der Waals surface area contributed by atoms with Crippen LogP contribution in [-0.4, -0.2) is 16.9 Å². The molecule has 0 saturated heterocycles. The summed E-state index contributed by atoms with van der Waals surface area (Å²) in [5, 5.41) is 0.153. The van der Waals surface area contributed by atoms with Crippen molar-refractivity contribution in [3.8, 4) is 0 Å². The number of pyridine rings is 1. The average Bonchev–Trinajstić information content (AvgIpc) is 2.25. The maximum atomic E-state index is 12.8. The standard InChI is InChI=1S/C11H5F4NO/c12-8-4-7-3-6(10(17)11(13,14)15)1-2-9(7)16-5-8/h1-5H. The van der Waals surface area contributed by atoms with E-state index in [0.29, 0.717) is 5.52 Å². The summed E-state index contributed by atoms with van der Waals surface area (Å²) in [5.74, 6) is -2.63. The van der Waals surface area contributed by atoms with Crippen molar-refractivity contribution in [2.75, 3.05) is 0 Å². The third kappa shape index (κ3) is 2.25. The first-order valence-electron chi connectivity index (χ1n) is 4.55. The lowest BCUT2D eigenvalue weighted by Crippen LogP contribution is -2.22. The van der Waals surface area contributed by atoms with E-state index in [1.165, 1.54) is 6.07 Å². The van der Waals surface area contributed by atoms with Crippen molar-refractivity contribution in [1.82, 2.24) is 4.98 Å². The van der Waals surface area contributed by atoms with Crippen LogP contribution in [0.15, 0.2) is 30.5 Å². The number of ketones is 1. The number of alkyl halides is 3. The first-order chi connectivity index (χ1) is 7.88. The van der Waals surface area contributed by atoms with Crippen LogP contribution in [-0.2, 0) is 0 Å². The summed E-state index contributed by atoms with van der Waals surface area (Å²) in [4.78, 5) is 14.6. The van der Waals surface area contributed by atoms with Gasteiger partial charge in [-0.3, -0.25) is 9.78 Å². The Balaban J connectivity index is 2.54. The Morgan fingerprint density at radius 2 is 1.88 bits per heavy atom. The molecular weight excluding hydrogens is 238 g/mol. The second kappa shape index (κ2) is 3.80. The van der Waals surface area contributed by atoms with Crippen LogP contribution in [0.25, 0.3) is 10.9 Å². The number of hydrogen-bond donors (Lipinski definition) is 0. The molecular formula is C11H5F4NO. The quantitative estimate of drug-likeness (QED) is 0.569. The number of Topliss-reactive ketones (excluding diaryl/α,β-unsaturated/α-hetero) is 1. The van der Waals surface area contributed by atoms with Gasteiger partial charge < -0.3 is 0 Å². The highest BCUT2D eigenvalue weighted by molar-refractivity contribution is 6.02. The fraction of sp³-hybridized carbons (Fsp3) is 0.0909. The number of nitrogens with zero attached hydrogens (tertiary/aromatic N) is 1. The molecule has 0 radical (unpaired) electrons. The summed E-state index contributed by atoms with van der Waals surface area (Å²) in [7, 11) is 0. The Kier molecular flexibility index (Phi) is 2.57. The van der Waals surface area contributed by atoms with Gasteiger partial charge in [-0.1, -0.05) is 0 Å². The third-order valence-corrected chi connectivity index (χ3v) is 2.17. The molecule has 2 aromatic rings. The predicted molar refractivity (Wildman–Crippen MR) is 52.1 cm³/mol. The Hall–Kier alpha value is -1.98. The topological polar surface area (TPSA) is 30.0 Å². The van der Waals surface area contributed by atoms with Gasteiger partial charge in [-0.2, -0.15) is 13.2 Å². The predicted octanol–water partition coefficient (Wildman–Crippen LogP) is 3.12. The molecule has 0 spiro atoms. The van der Waals surface area contributed by atoms with Crippen LogP contribution in [0.5, 0.6) is 0 Å². The zero-order chi connectivity index (χ0) is 12.6. The van der Waals surface area contributed by atoms with E-state index >= 15 is 0 Å². The molecule has 0 aliphatic heterocycles. The first-order valence-corrected chi connectivity index (χ1v) is 4.55. The zero-order valence-electron chi connectivity index (χ0n) is 8.25. The third-order valence-electron chi connectivity index (χ3n) is 2.17. The summed E-state index contributed by atoms with van der Waals surface area (Å²) in [6.45, 7) is 0. The smallest absolute Gasteiger partial charge is 0.284 e. The van der Waals surface area contributed by atoms with Crippen molar-refractivity contribution in [3.63, 3.8) is 0 Å². The SMILES string of the molecule is O=C(c1ccc2ncc(F)cc2c1)C(F)(F)F. The van der Waals surface area contributed by atoms with E-state index in [4.69, 9.17) is 0 Å². The molecule has 1 heterocycles. The van der Waals surface area contributed by atoms with Crippen molar-refractivity contribution in [2.45, 2.75) is 6.18 Å². The zero-order valence-corrected chi connectivity index (χ0v) is 8.25. The minimum Gasteiger partial charge on any atom is -0.284 e. The van der Waals surface area contributed by atoms with Gasteiger partial charge >= 0.3 is 6.18 Å². The lowest BCUT2D eigenvalue weighted by atomic mass is 10.1. The van der Waals surface area contributed by atoms with E-state index in [1.54, 1.807) is 0 Å². The van der Waals surface area contributed by atoms with E-state index < -0.39 is 23.3 Å². The van der Waals surface area contributed by atoms with Gasteiger partial charge in [0.2, 0.25) is 0 Å². The van der Waals surface area contributed by atoms with Crippen LogP contribution in [0, 0.1) is 5.82 Å². The second-order valence-corrected chi connectivity index (χ2v) is 3.39. The van der Waals surface area contributed by atoms with Gasteiger partial charge in [0.1, 0.15) is 5.82 Å². The summed E-state index contributed by atoms with van der Waals surface area (Å²) in [5.41, 5.74) is -0.206. The molecule has 0 aliphatic rings.